The van der Waals surface area contributed by atoms with Crippen LogP contribution < -0.4 is 0 Å². The first-order chi connectivity index (χ1) is 7.49. The van der Waals surface area contributed by atoms with Gasteiger partial charge in [0.2, 0.25) is 5.91 Å². The van der Waals surface area contributed by atoms with E-state index in [-0.39, 0.29) is 30.1 Å². The number of carboxylic acids is 1. The van der Waals surface area contributed by atoms with Crippen molar-refractivity contribution in [1.82, 2.24) is 4.90 Å². The van der Waals surface area contributed by atoms with E-state index in [0.717, 1.165) is 11.8 Å². The number of aliphatic hydroxyl groups is 1. The van der Waals surface area contributed by atoms with E-state index in [1.165, 1.54) is 0 Å². The largest absolute Gasteiger partial charge is 0.481 e. The molecule has 0 aliphatic heterocycles. The lowest BCUT2D eigenvalue weighted by Crippen LogP contribution is -2.39. The second-order valence-electron chi connectivity index (χ2n) is 3.64. The van der Waals surface area contributed by atoms with E-state index in [4.69, 9.17) is 10.2 Å². The lowest BCUT2D eigenvalue weighted by Gasteiger charge is -2.26. The molecule has 0 saturated heterocycles. The van der Waals surface area contributed by atoms with Gasteiger partial charge in [0.1, 0.15) is 0 Å². The maximum Gasteiger partial charge on any atom is 0.313 e. The Kier molecular flexibility index (Phi) is 8.01. The Labute approximate surface area is 99.8 Å². The van der Waals surface area contributed by atoms with Gasteiger partial charge >= 0.3 is 5.97 Å². The molecular weight excluding hydrogens is 230 g/mol. The molecule has 0 aliphatic rings. The average Bonchev–Trinajstić information content (AvgIpc) is 2.17. The Morgan fingerprint density at radius 1 is 1.31 bits per heavy atom. The summed E-state index contributed by atoms with van der Waals surface area (Å²) >= 11 is 1.10. The van der Waals surface area contributed by atoms with Crippen molar-refractivity contribution in [3.63, 3.8) is 0 Å². The van der Waals surface area contributed by atoms with Crippen LogP contribution in [0.1, 0.15) is 20.3 Å². The molecule has 0 spiro atoms. The molecule has 0 saturated carbocycles. The molecule has 16 heavy (non-hydrogen) atoms. The van der Waals surface area contributed by atoms with Crippen molar-refractivity contribution in [2.75, 3.05) is 24.7 Å². The number of aliphatic carboxylic acids is 1. The molecule has 0 fully saturated rings. The monoisotopic (exact) mass is 249 g/mol. The van der Waals surface area contributed by atoms with Crippen molar-refractivity contribution in [2.24, 2.45) is 0 Å². The summed E-state index contributed by atoms with van der Waals surface area (Å²) in [5, 5.41) is 17.1. The van der Waals surface area contributed by atoms with Gasteiger partial charge in [0.05, 0.1) is 11.5 Å². The minimum Gasteiger partial charge on any atom is -0.481 e. The quantitative estimate of drug-likeness (QED) is 0.652. The summed E-state index contributed by atoms with van der Waals surface area (Å²) < 4.78 is 0. The van der Waals surface area contributed by atoms with Gasteiger partial charge in [0, 0.05) is 19.2 Å². The minimum atomic E-state index is -0.913. The molecule has 2 N–H and O–H groups in total. The SMILES string of the molecule is CC(C)N(CCCO)C(=O)CSCC(=O)O. The molecule has 5 nitrogen and oxygen atoms in total. The van der Waals surface area contributed by atoms with Gasteiger partial charge < -0.3 is 15.1 Å². The lowest BCUT2D eigenvalue weighted by atomic mass is 10.3. The van der Waals surface area contributed by atoms with Gasteiger partial charge in [0.25, 0.3) is 0 Å². The first kappa shape index (κ1) is 15.2. The zero-order chi connectivity index (χ0) is 12.6. The Balaban J connectivity index is 4.01. The fourth-order valence-electron chi connectivity index (χ4n) is 1.22. The van der Waals surface area contributed by atoms with E-state index in [1.807, 2.05) is 13.8 Å². The summed E-state index contributed by atoms with van der Waals surface area (Å²) in [7, 11) is 0. The number of amides is 1. The van der Waals surface area contributed by atoms with Crippen molar-refractivity contribution in [2.45, 2.75) is 26.3 Å². The minimum absolute atomic E-state index is 0.0543. The van der Waals surface area contributed by atoms with Crippen LogP contribution in [0, 0.1) is 0 Å². The van der Waals surface area contributed by atoms with Crippen molar-refractivity contribution in [3.8, 4) is 0 Å². The summed E-state index contributed by atoms with van der Waals surface area (Å²) in [4.78, 5) is 23.6. The van der Waals surface area contributed by atoms with Gasteiger partial charge in [-0.3, -0.25) is 9.59 Å². The number of hydrogen-bond donors (Lipinski definition) is 2. The Morgan fingerprint density at radius 3 is 2.38 bits per heavy atom. The maximum absolute atomic E-state index is 11.7. The third kappa shape index (κ3) is 6.68. The van der Waals surface area contributed by atoms with E-state index in [1.54, 1.807) is 4.90 Å². The van der Waals surface area contributed by atoms with Crippen molar-refractivity contribution in [1.29, 1.82) is 0 Å². The summed E-state index contributed by atoms with van der Waals surface area (Å²) in [5.41, 5.74) is 0. The van der Waals surface area contributed by atoms with Gasteiger partial charge in [-0.25, -0.2) is 0 Å². The fraction of sp³-hybridized carbons (Fsp3) is 0.800. The molecule has 0 bridgehead atoms. The van der Waals surface area contributed by atoms with E-state index >= 15 is 0 Å². The van der Waals surface area contributed by atoms with Crippen LogP contribution in [0.5, 0.6) is 0 Å². The smallest absolute Gasteiger partial charge is 0.313 e. The van der Waals surface area contributed by atoms with Crippen LogP contribution in [0.15, 0.2) is 0 Å². The summed E-state index contributed by atoms with van der Waals surface area (Å²) in [6.45, 7) is 4.37. The normalized spacial score (nSPS) is 10.5. The maximum atomic E-state index is 11.7. The number of carboxylic acid groups (broad SMARTS) is 1. The third-order valence-electron chi connectivity index (χ3n) is 1.95. The molecule has 1 amide bonds. The van der Waals surface area contributed by atoms with Gasteiger partial charge in [-0.1, -0.05) is 0 Å². The summed E-state index contributed by atoms with van der Waals surface area (Å²) in [6, 6.07) is 0.0736. The van der Waals surface area contributed by atoms with Gasteiger partial charge in [0.15, 0.2) is 0 Å². The molecule has 6 heteroatoms. The number of nitrogens with zero attached hydrogens (tertiary/aromatic N) is 1. The van der Waals surface area contributed by atoms with E-state index in [2.05, 4.69) is 0 Å². The Hall–Kier alpha value is -0.750. The highest BCUT2D eigenvalue weighted by molar-refractivity contribution is 8.00. The number of carbonyl (C=O) groups excluding carboxylic acids is 1. The van der Waals surface area contributed by atoms with Crippen LogP contribution in [0.4, 0.5) is 0 Å². The molecule has 94 valence electrons. The van der Waals surface area contributed by atoms with Crippen LogP contribution in [0.2, 0.25) is 0 Å². The molecule has 0 aromatic carbocycles. The predicted molar refractivity (Wildman–Crippen MR) is 63.5 cm³/mol. The van der Waals surface area contributed by atoms with E-state index < -0.39 is 5.97 Å². The Morgan fingerprint density at radius 2 is 1.94 bits per heavy atom. The molecular formula is C10H19NO4S. The second-order valence-corrected chi connectivity index (χ2v) is 4.63. The third-order valence-corrected chi connectivity index (χ3v) is 2.85. The van der Waals surface area contributed by atoms with Crippen LogP contribution >= 0.6 is 11.8 Å². The second kappa shape index (κ2) is 8.41. The van der Waals surface area contributed by atoms with Crippen LogP contribution in [0.25, 0.3) is 0 Å². The molecule has 0 unspecified atom stereocenters. The first-order valence-electron chi connectivity index (χ1n) is 5.19. The molecule has 0 atom stereocenters. The van der Waals surface area contributed by atoms with Crippen molar-refractivity contribution in [3.05, 3.63) is 0 Å². The van der Waals surface area contributed by atoms with Crippen molar-refractivity contribution < 1.29 is 19.8 Å². The summed E-state index contributed by atoms with van der Waals surface area (Å²) in [6.07, 6.45) is 0.549. The molecule has 0 radical (unpaired) electrons. The average molecular weight is 249 g/mol. The number of aliphatic hydroxyl groups excluding tert-OH is 1. The highest BCUT2D eigenvalue weighted by atomic mass is 32.2. The zero-order valence-electron chi connectivity index (χ0n) is 9.68. The molecule has 0 heterocycles. The molecule has 0 aliphatic carbocycles. The summed E-state index contributed by atoms with van der Waals surface area (Å²) in [5.74, 6) is -0.868. The number of hydrogen-bond acceptors (Lipinski definition) is 4. The van der Waals surface area contributed by atoms with Gasteiger partial charge in [-0.15, -0.1) is 11.8 Å². The van der Waals surface area contributed by atoms with E-state index in [0.29, 0.717) is 13.0 Å². The van der Waals surface area contributed by atoms with Crippen LogP contribution in [-0.4, -0.2) is 57.7 Å². The fourth-order valence-corrected chi connectivity index (χ4v) is 1.84. The first-order valence-corrected chi connectivity index (χ1v) is 6.34. The van der Waals surface area contributed by atoms with Crippen LogP contribution in [0.3, 0.4) is 0 Å². The number of carbonyl (C=O) groups is 2. The topological polar surface area (TPSA) is 77.8 Å². The Bertz CT molecular complexity index is 233. The predicted octanol–water partition coefficient (Wildman–Crippen LogP) is 0.424. The van der Waals surface area contributed by atoms with Crippen LogP contribution in [-0.2, 0) is 9.59 Å². The molecule has 0 aromatic rings. The number of thioether (sulfide) groups is 1. The highest BCUT2D eigenvalue weighted by Gasteiger charge is 2.16. The van der Waals surface area contributed by atoms with Crippen molar-refractivity contribution >= 4 is 23.6 Å². The lowest BCUT2D eigenvalue weighted by molar-refractivity contribution is -0.133. The zero-order valence-corrected chi connectivity index (χ0v) is 10.5. The molecule has 0 aromatic heterocycles. The van der Waals surface area contributed by atoms with Gasteiger partial charge in [-0.2, -0.15) is 0 Å². The molecule has 0 rings (SSSR count). The highest BCUT2D eigenvalue weighted by Crippen LogP contribution is 2.06. The van der Waals surface area contributed by atoms with Gasteiger partial charge in [-0.05, 0) is 20.3 Å². The number of rotatable bonds is 8. The standard InChI is InChI=1S/C10H19NO4S/c1-8(2)11(4-3-5-12)9(13)6-16-7-10(14)15/h8,12H,3-7H2,1-2H3,(H,14,15). The van der Waals surface area contributed by atoms with E-state index in [9.17, 15) is 9.59 Å².